The van der Waals surface area contributed by atoms with E-state index in [0.29, 0.717) is 51.3 Å². The lowest BCUT2D eigenvalue weighted by Crippen LogP contribution is -2.49. The molecule has 9 heteroatoms. The summed E-state index contributed by atoms with van der Waals surface area (Å²) in [7, 11) is 2.15. The number of hydrogen-bond donors (Lipinski definition) is 0. The van der Waals surface area contributed by atoms with Gasteiger partial charge in [0.2, 0.25) is 5.91 Å². The fourth-order valence-corrected chi connectivity index (χ4v) is 6.43. The zero-order chi connectivity index (χ0) is 28.3. The monoisotopic (exact) mass is 558 g/mol. The average Bonchev–Trinajstić information content (AvgIpc) is 3.43. The molecule has 8 nitrogen and oxygen atoms in total. The van der Waals surface area contributed by atoms with Gasteiger partial charge in [-0.25, -0.2) is 4.39 Å². The highest BCUT2D eigenvalue weighted by atomic mass is 19.1. The second kappa shape index (κ2) is 12.0. The van der Waals surface area contributed by atoms with Crippen LogP contribution in [0.1, 0.15) is 23.2 Å². The van der Waals surface area contributed by atoms with Crippen molar-refractivity contribution in [3.05, 3.63) is 65.4 Å². The molecule has 0 N–H and O–H groups in total. The van der Waals surface area contributed by atoms with E-state index in [2.05, 4.69) is 65.1 Å². The number of likely N-dealkylation sites (tertiary alicyclic amines) is 1. The Balaban J connectivity index is 1.28. The van der Waals surface area contributed by atoms with Gasteiger partial charge in [0.25, 0.3) is 0 Å². The Labute approximate surface area is 241 Å². The van der Waals surface area contributed by atoms with Crippen LogP contribution < -0.4 is 14.5 Å². The van der Waals surface area contributed by atoms with Gasteiger partial charge in [-0.2, -0.15) is 9.97 Å². The number of nitrogens with zero attached hydrogens (tertiary/aromatic N) is 6. The molecule has 6 rings (SSSR count). The molecule has 3 aliphatic heterocycles. The highest BCUT2D eigenvalue weighted by Crippen LogP contribution is 2.35. The van der Waals surface area contributed by atoms with E-state index in [1.54, 1.807) is 4.90 Å². The Bertz CT molecular complexity index is 1430. The zero-order valence-corrected chi connectivity index (χ0v) is 24.1. The molecule has 4 heterocycles. The zero-order valence-electron chi connectivity index (χ0n) is 24.1. The van der Waals surface area contributed by atoms with E-state index in [1.165, 1.54) is 39.7 Å². The van der Waals surface area contributed by atoms with Crippen LogP contribution in [0.4, 0.5) is 15.9 Å². The highest BCUT2D eigenvalue weighted by Gasteiger charge is 2.29. The summed E-state index contributed by atoms with van der Waals surface area (Å²) in [5.74, 6) is 1.26. The van der Waals surface area contributed by atoms with E-state index in [9.17, 15) is 9.18 Å². The van der Waals surface area contributed by atoms with Gasteiger partial charge in [0.1, 0.15) is 12.5 Å². The van der Waals surface area contributed by atoms with Crippen molar-refractivity contribution in [1.82, 2.24) is 19.8 Å². The predicted octanol–water partition coefficient (Wildman–Crippen LogP) is 4.01. The van der Waals surface area contributed by atoms with Crippen LogP contribution in [0, 0.1) is 12.8 Å². The number of anilines is 2. The first kappa shape index (κ1) is 27.4. The number of rotatable bonds is 7. The van der Waals surface area contributed by atoms with Gasteiger partial charge in [-0.15, -0.1) is 0 Å². The number of carbonyl (C=O) groups is 1. The molecule has 3 aromatic rings. The van der Waals surface area contributed by atoms with Gasteiger partial charge >= 0.3 is 6.01 Å². The lowest BCUT2D eigenvalue weighted by molar-refractivity contribution is -0.126. The SMILES string of the molecule is Cc1cccc2cccc(N3CCc4c(nc(OC[C@@H]5CCN(C)C5)nc4N4CCN(C(=O)/C=C/CF)CC4)C3)c12. The number of fused-ring (bicyclic) bond motifs is 2. The molecule has 1 aromatic heterocycles. The van der Waals surface area contributed by atoms with Gasteiger partial charge in [0.15, 0.2) is 0 Å². The van der Waals surface area contributed by atoms with Gasteiger partial charge in [0.05, 0.1) is 18.8 Å². The van der Waals surface area contributed by atoms with E-state index in [0.717, 1.165) is 44.0 Å². The Morgan fingerprint density at radius 2 is 1.85 bits per heavy atom. The summed E-state index contributed by atoms with van der Waals surface area (Å²) in [4.78, 5) is 31.1. The van der Waals surface area contributed by atoms with Crippen LogP contribution in [0.15, 0.2) is 48.6 Å². The average molecular weight is 559 g/mol. The molecule has 0 bridgehead atoms. The minimum atomic E-state index is -0.631. The Kier molecular flexibility index (Phi) is 8.05. The summed E-state index contributed by atoms with van der Waals surface area (Å²) in [5, 5.41) is 2.54. The minimum absolute atomic E-state index is 0.140. The van der Waals surface area contributed by atoms with Crippen molar-refractivity contribution >= 4 is 28.2 Å². The standard InChI is InChI=1S/C32H39FN6O2/c1-23-6-3-7-25-8-4-9-28(30(23)25)39-15-12-26-27(21-39)34-32(41-22-24-11-14-36(2)20-24)35-31(26)38-18-16-37(17-19-38)29(40)10-5-13-33/h3-10,24H,11-22H2,1-2H3/b10-5+/t24-/m1/s1. The maximum Gasteiger partial charge on any atom is 0.318 e. The molecular formula is C32H39FN6O2. The van der Waals surface area contributed by atoms with Gasteiger partial charge in [-0.05, 0) is 56.4 Å². The molecular weight excluding hydrogens is 519 g/mol. The molecule has 0 aliphatic carbocycles. The Hall–Kier alpha value is -3.72. The summed E-state index contributed by atoms with van der Waals surface area (Å²) < 4.78 is 18.8. The third-order valence-electron chi connectivity index (χ3n) is 8.63. The van der Waals surface area contributed by atoms with E-state index in [1.807, 2.05) is 0 Å². The normalized spacial score (nSPS) is 19.8. The molecule has 3 aliphatic rings. The van der Waals surface area contributed by atoms with Crippen molar-refractivity contribution in [2.24, 2.45) is 5.92 Å². The summed E-state index contributed by atoms with van der Waals surface area (Å²) in [5.41, 5.74) is 4.68. The van der Waals surface area contributed by atoms with E-state index < -0.39 is 6.67 Å². The van der Waals surface area contributed by atoms with Crippen LogP contribution in [0.3, 0.4) is 0 Å². The van der Waals surface area contributed by atoms with Crippen LogP contribution in [0.25, 0.3) is 10.8 Å². The number of ether oxygens (including phenoxy) is 1. The second-order valence-corrected chi connectivity index (χ2v) is 11.5. The first-order chi connectivity index (χ1) is 20.0. The van der Waals surface area contributed by atoms with Crippen molar-refractivity contribution in [2.45, 2.75) is 26.3 Å². The van der Waals surface area contributed by atoms with E-state index in [4.69, 9.17) is 14.7 Å². The van der Waals surface area contributed by atoms with E-state index in [-0.39, 0.29) is 5.91 Å². The van der Waals surface area contributed by atoms with E-state index >= 15 is 0 Å². The topological polar surface area (TPSA) is 65.0 Å². The number of halogens is 1. The first-order valence-electron chi connectivity index (χ1n) is 14.7. The Morgan fingerprint density at radius 3 is 2.61 bits per heavy atom. The molecule has 0 radical (unpaired) electrons. The largest absolute Gasteiger partial charge is 0.463 e. The molecule has 41 heavy (non-hydrogen) atoms. The number of aryl methyl sites for hydroxylation is 1. The smallest absolute Gasteiger partial charge is 0.318 e. The van der Waals surface area contributed by atoms with Crippen molar-refractivity contribution in [2.75, 3.05) is 75.9 Å². The molecule has 2 saturated heterocycles. The number of amides is 1. The number of allylic oxidation sites excluding steroid dienone is 1. The van der Waals surface area contributed by atoms with Gasteiger partial charge in [0, 0.05) is 67.9 Å². The van der Waals surface area contributed by atoms with Crippen LogP contribution in [0.5, 0.6) is 6.01 Å². The van der Waals surface area contributed by atoms with Crippen molar-refractivity contribution in [3.8, 4) is 6.01 Å². The quantitative estimate of drug-likeness (QED) is 0.406. The maximum absolute atomic E-state index is 12.5. The van der Waals surface area contributed by atoms with Crippen molar-refractivity contribution < 1.29 is 13.9 Å². The molecule has 1 atom stereocenters. The molecule has 0 spiro atoms. The summed E-state index contributed by atoms with van der Waals surface area (Å²) in [6, 6.07) is 13.4. The Morgan fingerprint density at radius 1 is 1.05 bits per heavy atom. The van der Waals surface area contributed by atoms with Gasteiger partial charge < -0.3 is 24.3 Å². The number of piperazine rings is 1. The lowest BCUT2D eigenvalue weighted by Gasteiger charge is -2.38. The number of hydrogen-bond acceptors (Lipinski definition) is 7. The molecule has 2 fully saturated rings. The fraction of sp³-hybridized carbons (Fsp3) is 0.469. The van der Waals surface area contributed by atoms with Crippen LogP contribution >= 0.6 is 0 Å². The first-order valence-corrected chi connectivity index (χ1v) is 14.7. The molecule has 0 unspecified atom stereocenters. The van der Waals surface area contributed by atoms with Gasteiger partial charge in [-0.1, -0.05) is 30.3 Å². The van der Waals surface area contributed by atoms with Gasteiger partial charge in [-0.3, -0.25) is 4.79 Å². The summed E-state index contributed by atoms with van der Waals surface area (Å²) >= 11 is 0. The lowest BCUT2D eigenvalue weighted by atomic mass is 9.99. The molecule has 1 amide bonds. The predicted molar refractivity (Wildman–Crippen MR) is 160 cm³/mol. The highest BCUT2D eigenvalue weighted by molar-refractivity contribution is 5.97. The summed E-state index contributed by atoms with van der Waals surface area (Å²) in [6.45, 7) is 8.30. The summed E-state index contributed by atoms with van der Waals surface area (Å²) in [6.07, 6.45) is 4.55. The van der Waals surface area contributed by atoms with Crippen molar-refractivity contribution in [3.63, 3.8) is 0 Å². The third kappa shape index (κ3) is 5.86. The minimum Gasteiger partial charge on any atom is -0.463 e. The number of alkyl halides is 1. The van der Waals surface area contributed by atoms with Crippen LogP contribution in [0.2, 0.25) is 0 Å². The van der Waals surface area contributed by atoms with Crippen molar-refractivity contribution in [1.29, 1.82) is 0 Å². The molecule has 2 aromatic carbocycles. The number of benzene rings is 2. The molecule has 216 valence electrons. The third-order valence-corrected chi connectivity index (χ3v) is 8.63. The maximum atomic E-state index is 12.5. The fourth-order valence-electron chi connectivity index (χ4n) is 6.43. The van der Waals surface area contributed by atoms with Crippen LogP contribution in [-0.2, 0) is 17.8 Å². The molecule has 0 saturated carbocycles. The van der Waals surface area contributed by atoms with Crippen LogP contribution in [-0.4, -0.2) is 91.8 Å². The number of carbonyl (C=O) groups excluding carboxylic acids is 1. The second-order valence-electron chi connectivity index (χ2n) is 11.5. The number of aromatic nitrogens is 2.